The van der Waals surface area contributed by atoms with Crippen molar-refractivity contribution in [3.05, 3.63) is 106 Å². The average molecular weight is 635 g/mol. The zero-order chi connectivity index (χ0) is 32.8. The highest BCUT2D eigenvalue weighted by molar-refractivity contribution is 5.89. The summed E-state index contributed by atoms with van der Waals surface area (Å²) in [6.45, 7) is 6.85. The average Bonchev–Trinajstić information content (AvgIpc) is 3.73. The molecule has 1 N–H and O–H groups in total. The molecule has 0 aliphatic carbocycles. The lowest BCUT2D eigenvalue weighted by Crippen LogP contribution is -2.37. The second kappa shape index (κ2) is 14.6. The highest BCUT2D eigenvalue weighted by Crippen LogP contribution is 2.33. The quantitative estimate of drug-likeness (QED) is 0.110. The lowest BCUT2D eigenvalue weighted by atomic mass is 9.96. The molecule has 0 radical (unpaired) electrons. The third-order valence-electron chi connectivity index (χ3n) is 8.97. The number of nitrogens with one attached hydrogen (secondary N) is 1. The molecule has 0 amide bonds. The van der Waals surface area contributed by atoms with Crippen LogP contribution in [0.2, 0.25) is 0 Å². The van der Waals surface area contributed by atoms with E-state index in [4.69, 9.17) is 9.47 Å². The number of carbonyl (C=O) groups excluding carboxylic acids is 1. The molecule has 3 heterocycles. The first-order valence-electron chi connectivity index (χ1n) is 16.6. The van der Waals surface area contributed by atoms with Gasteiger partial charge in [-0.25, -0.2) is 9.48 Å². The fourth-order valence-corrected chi connectivity index (χ4v) is 6.60. The Kier molecular flexibility index (Phi) is 9.94. The van der Waals surface area contributed by atoms with Crippen LogP contribution in [0.3, 0.4) is 0 Å². The molecular weight excluding hydrogens is 592 g/mol. The number of fused-ring (bicyclic) bond motifs is 1. The number of tetrazole rings is 1. The van der Waals surface area contributed by atoms with Crippen LogP contribution in [0, 0.1) is 0 Å². The fourth-order valence-electron chi connectivity index (χ4n) is 6.60. The van der Waals surface area contributed by atoms with Crippen LogP contribution in [0.15, 0.2) is 77.6 Å². The summed E-state index contributed by atoms with van der Waals surface area (Å²) in [7, 11) is 0. The monoisotopic (exact) mass is 634 g/mol. The Labute approximate surface area is 274 Å². The summed E-state index contributed by atoms with van der Waals surface area (Å²) in [5.74, 6) is 0.762. The first-order chi connectivity index (χ1) is 23.0. The number of aromatic amines is 1. The maximum absolute atomic E-state index is 14.3. The van der Waals surface area contributed by atoms with Gasteiger partial charge in [0.2, 0.25) is 5.82 Å². The van der Waals surface area contributed by atoms with Crippen molar-refractivity contribution in [1.29, 1.82) is 0 Å². The van der Waals surface area contributed by atoms with Crippen molar-refractivity contribution in [3.63, 3.8) is 0 Å². The van der Waals surface area contributed by atoms with Crippen molar-refractivity contribution < 1.29 is 14.3 Å². The Morgan fingerprint density at radius 3 is 2.51 bits per heavy atom. The SMILES string of the molecule is CCCCCc1c(Cc2ccc(-c3ccccc3-c3nn[nH]n3)cc2)c(=O)n2n1C(C)CCC2COc1cccc(C(=O)OCC)c1. The summed E-state index contributed by atoms with van der Waals surface area (Å²) in [5, 5.41) is 14.6. The third-order valence-corrected chi connectivity index (χ3v) is 8.97. The number of carbonyl (C=O) groups is 1. The number of H-pyrrole nitrogens is 1. The van der Waals surface area contributed by atoms with E-state index in [0.29, 0.717) is 36.8 Å². The maximum Gasteiger partial charge on any atom is 0.338 e. The van der Waals surface area contributed by atoms with E-state index in [1.54, 1.807) is 25.1 Å². The number of nitrogens with zero attached hydrogens (tertiary/aromatic N) is 5. The molecular formula is C37H42N6O4. The standard InChI is InChI=1S/C37H42N6O4/c1-4-6-7-15-34-33(22-26-17-19-27(20-18-26)31-13-8-9-14-32(31)35-38-40-41-39-35)36(44)43-29(21-16-25(3)42(34)43)24-47-30-12-10-11-28(23-30)37(45)46-5-2/h8-14,17-20,23,25,29H,4-7,15-16,21-22,24H2,1-3H3,(H,38,39,40,41). The molecule has 0 fully saturated rings. The van der Waals surface area contributed by atoms with E-state index in [-0.39, 0.29) is 23.6 Å². The van der Waals surface area contributed by atoms with E-state index in [1.807, 2.05) is 28.9 Å². The molecule has 0 saturated heterocycles. The van der Waals surface area contributed by atoms with Gasteiger partial charge in [-0.3, -0.25) is 9.48 Å². The first kappa shape index (κ1) is 32.0. The van der Waals surface area contributed by atoms with Gasteiger partial charge >= 0.3 is 5.97 Å². The number of rotatable bonds is 13. The predicted molar refractivity (Wildman–Crippen MR) is 181 cm³/mol. The molecule has 2 unspecified atom stereocenters. The molecule has 2 atom stereocenters. The van der Waals surface area contributed by atoms with E-state index < -0.39 is 0 Å². The van der Waals surface area contributed by atoms with Crippen LogP contribution in [-0.2, 0) is 17.6 Å². The van der Waals surface area contributed by atoms with Crippen LogP contribution in [-0.4, -0.2) is 49.2 Å². The van der Waals surface area contributed by atoms with Crippen molar-refractivity contribution in [2.45, 2.75) is 77.8 Å². The molecule has 47 heavy (non-hydrogen) atoms. The molecule has 244 valence electrons. The highest BCUT2D eigenvalue weighted by atomic mass is 16.5. The Balaban J connectivity index is 1.28. The Bertz CT molecular complexity index is 1860. The lowest BCUT2D eigenvalue weighted by Gasteiger charge is -2.32. The molecule has 1 aliphatic rings. The molecule has 3 aromatic carbocycles. The number of hydrogen-bond acceptors (Lipinski definition) is 7. The Morgan fingerprint density at radius 1 is 0.957 bits per heavy atom. The lowest BCUT2D eigenvalue weighted by molar-refractivity contribution is 0.0525. The second-order valence-electron chi connectivity index (χ2n) is 12.2. The number of benzene rings is 3. The van der Waals surface area contributed by atoms with E-state index in [9.17, 15) is 9.59 Å². The first-order valence-corrected chi connectivity index (χ1v) is 16.6. The minimum atomic E-state index is -0.375. The van der Waals surface area contributed by atoms with Crippen molar-refractivity contribution in [3.8, 4) is 28.3 Å². The van der Waals surface area contributed by atoms with Crippen LogP contribution in [0.5, 0.6) is 5.75 Å². The van der Waals surface area contributed by atoms with Crippen LogP contribution in [0.25, 0.3) is 22.5 Å². The third kappa shape index (κ3) is 6.91. The largest absolute Gasteiger partial charge is 0.491 e. The predicted octanol–water partition coefficient (Wildman–Crippen LogP) is 6.97. The Morgan fingerprint density at radius 2 is 1.77 bits per heavy atom. The van der Waals surface area contributed by atoms with Crippen molar-refractivity contribution in [2.24, 2.45) is 0 Å². The van der Waals surface area contributed by atoms with Gasteiger partial charge in [0, 0.05) is 29.3 Å². The molecule has 10 nitrogen and oxygen atoms in total. The summed E-state index contributed by atoms with van der Waals surface area (Å²) in [6.07, 6.45) is 6.48. The van der Waals surface area contributed by atoms with Gasteiger partial charge in [0.1, 0.15) is 12.4 Å². The Hall–Kier alpha value is -4.99. The number of unbranched alkanes of at least 4 members (excludes halogenated alkanes) is 2. The van der Waals surface area contributed by atoms with Crippen LogP contribution in [0.4, 0.5) is 0 Å². The van der Waals surface area contributed by atoms with Gasteiger partial charge in [-0.2, -0.15) is 5.21 Å². The van der Waals surface area contributed by atoms with Crippen molar-refractivity contribution in [2.75, 3.05) is 13.2 Å². The smallest absolute Gasteiger partial charge is 0.338 e. The van der Waals surface area contributed by atoms with Crippen LogP contribution < -0.4 is 10.3 Å². The number of hydrogen-bond donors (Lipinski definition) is 1. The maximum atomic E-state index is 14.3. The molecule has 2 aromatic heterocycles. The second-order valence-corrected chi connectivity index (χ2v) is 12.2. The molecule has 0 saturated carbocycles. The van der Waals surface area contributed by atoms with Crippen LogP contribution >= 0.6 is 0 Å². The summed E-state index contributed by atoms with van der Waals surface area (Å²) in [6, 6.07) is 23.6. The summed E-state index contributed by atoms with van der Waals surface area (Å²) < 4.78 is 15.6. The molecule has 10 heteroatoms. The number of aromatic nitrogens is 6. The molecule has 0 bridgehead atoms. The number of ether oxygens (including phenoxy) is 2. The highest BCUT2D eigenvalue weighted by Gasteiger charge is 2.31. The minimum absolute atomic E-state index is 0.0588. The normalized spacial score (nSPS) is 15.7. The van der Waals surface area contributed by atoms with Gasteiger partial charge in [-0.1, -0.05) is 74.4 Å². The van der Waals surface area contributed by atoms with Crippen molar-refractivity contribution in [1.82, 2.24) is 30.0 Å². The van der Waals surface area contributed by atoms with Gasteiger partial charge in [-0.05, 0) is 79.6 Å². The van der Waals surface area contributed by atoms with E-state index >= 15 is 0 Å². The van der Waals surface area contributed by atoms with E-state index in [1.165, 1.54) is 0 Å². The van der Waals surface area contributed by atoms with E-state index in [0.717, 1.165) is 72.0 Å². The van der Waals surface area contributed by atoms with Gasteiger partial charge in [0.15, 0.2) is 0 Å². The fraction of sp³-hybridized carbons (Fsp3) is 0.378. The van der Waals surface area contributed by atoms with Gasteiger partial charge < -0.3 is 9.47 Å². The number of esters is 1. The summed E-state index contributed by atoms with van der Waals surface area (Å²) >= 11 is 0. The summed E-state index contributed by atoms with van der Waals surface area (Å²) in [5.41, 5.74) is 6.56. The minimum Gasteiger partial charge on any atom is -0.491 e. The van der Waals surface area contributed by atoms with Gasteiger partial charge in [-0.15, -0.1) is 10.2 Å². The van der Waals surface area contributed by atoms with Gasteiger partial charge in [0.05, 0.1) is 18.2 Å². The van der Waals surface area contributed by atoms with Crippen LogP contribution in [0.1, 0.15) is 92.1 Å². The topological polar surface area (TPSA) is 117 Å². The molecule has 5 aromatic rings. The molecule has 1 aliphatic heterocycles. The summed E-state index contributed by atoms with van der Waals surface area (Å²) in [4.78, 5) is 26.6. The zero-order valence-corrected chi connectivity index (χ0v) is 27.3. The van der Waals surface area contributed by atoms with Gasteiger partial charge in [0.25, 0.3) is 5.56 Å². The van der Waals surface area contributed by atoms with Crippen molar-refractivity contribution >= 4 is 5.97 Å². The van der Waals surface area contributed by atoms with E-state index in [2.05, 4.69) is 69.5 Å². The molecule has 6 rings (SSSR count). The molecule has 0 spiro atoms. The zero-order valence-electron chi connectivity index (χ0n) is 27.3.